The van der Waals surface area contributed by atoms with Gasteiger partial charge in [0.1, 0.15) is 11.6 Å². The monoisotopic (exact) mass is 354 g/mol. The number of halogens is 1. The number of H-pyrrole nitrogens is 1. The first-order valence-corrected chi connectivity index (χ1v) is 8.59. The first kappa shape index (κ1) is 17.8. The molecule has 26 heavy (non-hydrogen) atoms. The van der Waals surface area contributed by atoms with Gasteiger partial charge in [-0.25, -0.2) is 14.4 Å². The van der Waals surface area contributed by atoms with Crippen LogP contribution in [0.4, 0.5) is 22.1 Å². The highest BCUT2D eigenvalue weighted by molar-refractivity contribution is 5.57. The number of aromatic nitrogens is 4. The van der Waals surface area contributed by atoms with E-state index in [1.165, 1.54) is 12.1 Å². The van der Waals surface area contributed by atoms with E-state index in [0.29, 0.717) is 30.8 Å². The molecule has 136 valence electrons. The lowest BCUT2D eigenvalue weighted by atomic mass is 10.2. The van der Waals surface area contributed by atoms with E-state index in [0.717, 1.165) is 22.5 Å². The van der Waals surface area contributed by atoms with Crippen molar-refractivity contribution in [1.82, 2.24) is 19.9 Å². The smallest absolute Gasteiger partial charge is 0.227 e. The average Bonchev–Trinajstić information content (AvgIpc) is 3.01. The zero-order valence-electron chi connectivity index (χ0n) is 15.5. The van der Waals surface area contributed by atoms with Crippen molar-refractivity contribution in [2.75, 3.05) is 16.8 Å². The van der Waals surface area contributed by atoms with E-state index in [9.17, 15) is 4.39 Å². The molecule has 0 aliphatic heterocycles. The van der Waals surface area contributed by atoms with Gasteiger partial charge >= 0.3 is 0 Å². The number of nitrogens with zero attached hydrogens (tertiary/aromatic N) is 4. The van der Waals surface area contributed by atoms with E-state index in [-0.39, 0.29) is 5.82 Å². The maximum atomic E-state index is 13.5. The summed E-state index contributed by atoms with van der Waals surface area (Å²) in [6.07, 6.45) is 1.76. The van der Waals surface area contributed by atoms with E-state index < -0.39 is 0 Å². The maximum absolute atomic E-state index is 13.5. The molecule has 0 radical (unpaired) electrons. The van der Waals surface area contributed by atoms with Gasteiger partial charge in [0.2, 0.25) is 11.9 Å². The fourth-order valence-corrected chi connectivity index (χ4v) is 2.65. The summed E-state index contributed by atoms with van der Waals surface area (Å²) in [6.45, 7) is 9.14. The standard InChI is InChI=1S/C19H23FN6/c1-5-26(11-15-7-6-8-16(20)9-15)19-23-14(4)13(3)17(25-19)24-18-21-10-12(2)22-18/h6-10H,5,11H2,1-4H3,(H2,21,22,23,24,25). The minimum absolute atomic E-state index is 0.241. The Morgan fingerprint density at radius 1 is 1.19 bits per heavy atom. The van der Waals surface area contributed by atoms with Crippen molar-refractivity contribution >= 4 is 17.7 Å². The summed E-state index contributed by atoms with van der Waals surface area (Å²) in [5.74, 6) is 1.71. The third-order valence-electron chi connectivity index (χ3n) is 4.24. The lowest BCUT2D eigenvalue weighted by Crippen LogP contribution is -2.25. The summed E-state index contributed by atoms with van der Waals surface area (Å²) in [5, 5.41) is 3.22. The van der Waals surface area contributed by atoms with Crippen LogP contribution in [0, 0.1) is 26.6 Å². The van der Waals surface area contributed by atoms with Crippen LogP contribution in [0.2, 0.25) is 0 Å². The molecule has 0 bridgehead atoms. The van der Waals surface area contributed by atoms with Crippen LogP contribution in [0.5, 0.6) is 0 Å². The summed E-state index contributed by atoms with van der Waals surface area (Å²) in [4.78, 5) is 18.7. The lowest BCUT2D eigenvalue weighted by molar-refractivity contribution is 0.624. The third kappa shape index (κ3) is 3.99. The molecule has 0 saturated carbocycles. The van der Waals surface area contributed by atoms with E-state index in [1.807, 2.05) is 38.7 Å². The normalized spacial score (nSPS) is 10.8. The Balaban J connectivity index is 1.90. The van der Waals surface area contributed by atoms with Crippen molar-refractivity contribution in [3.63, 3.8) is 0 Å². The molecular weight excluding hydrogens is 331 g/mol. The minimum atomic E-state index is -0.241. The van der Waals surface area contributed by atoms with Gasteiger partial charge in [-0.05, 0) is 45.4 Å². The fraction of sp³-hybridized carbons (Fsp3) is 0.316. The molecule has 2 N–H and O–H groups in total. The van der Waals surface area contributed by atoms with E-state index in [1.54, 1.807) is 12.3 Å². The molecule has 3 rings (SSSR count). The second-order valence-electron chi connectivity index (χ2n) is 6.27. The van der Waals surface area contributed by atoms with Gasteiger partial charge in [0.25, 0.3) is 0 Å². The number of hydrogen-bond acceptors (Lipinski definition) is 5. The number of rotatable bonds is 6. The van der Waals surface area contributed by atoms with Gasteiger partial charge in [-0.15, -0.1) is 0 Å². The largest absolute Gasteiger partial charge is 0.337 e. The molecule has 0 fully saturated rings. The molecular formula is C19H23FN6. The van der Waals surface area contributed by atoms with Crippen molar-refractivity contribution in [3.05, 3.63) is 58.8 Å². The molecule has 3 aromatic rings. The number of imidazole rings is 1. The summed E-state index contributed by atoms with van der Waals surface area (Å²) < 4.78 is 13.5. The Morgan fingerprint density at radius 2 is 2.00 bits per heavy atom. The third-order valence-corrected chi connectivity index (χ3v) is 4.24. The zero-order chi connectivity index (χ0) is 18.7. The number of hydrogen-bond donors (Lipinski definition) is 2. The van der Waals surface area contributed by atoms with Gasteiger partial charge < -0.3 is 15.2 Å². The number of benzene rings is 1. The van der Waals surface area contributed by atoms with Crippen LogP contribution in [0.3, 0.4) is 0 Å². The molecule has 7 heteroatoms. The predicted molar refractivity (Wildman–Crippen MR) is 101 cm³/mol. The first-order chi connectivity index (χ1) is 12.5. The highest BCUT2D eigenvalue weighted by Gasteiger charge is 2.14. The Morgan fingerprint density at radius 3 is 2.65 bits per heavy atom. The van der Waals surface area contributed by atoms with E-state index in [2.05, 4.69) is 25.3 Å². The molecule has 0 spiro atoms. The van der Waals surface area contributed by atoms with E-state index >= 15 is 0 Å². The second kappa shape index (κ2) is 7.51. The molecule has 2 aromatic heterocycles. The summed E-state index contributed by atoms with van der Waals surface area (Å²) in [5.41, 5.74) is 3.70. The number of aromatic amines is 1. The highest BCUT2D eigenvalue weighted by atomic mass is 19.1. The van der Waals surface area contributed by atoms with Crippen LogP contribution >= 0.6 is 0 Å². The van der Waals surface area contributed by atoms with Crippen molar-refractivity contribution < 1.29 is 4.39 Å². The fourth-order valence-electron chi connectivity index (χ4n) is 2.65. The quantitative estimate of drug-likeness (QED) is 0.699. The van der Waals surface area contributed by atoms with Crippen molar-refractivity contribution in [2.45, 2.75) is 34.2 Å². The summed E-state index contributed by atoms with van der Waals surface area (Å²) in [7, 11) is 0. The van der Waals surface area contributed by atoms with Gasteiger partial charge in [0.05, 0.1) is 0 Å². The summed E-state index contributed by atoms with van der Waals surface area (Å²) in [6, 6.07) is 6.59. The van der Waals surface area contributed by atoms with Gasteiger partial charge in [-0.1, -0.05) is 12.1 Å². The zero-order valence-corrected chi connectivity index (χ0v) is 15.5. The topological polar surface area (TPSA) is 69.7 Å². The van der Waals surface area contributed by atoms with Crippen LogP contribution in [0.25, 0.3) is 0 Å². The Bertz CT molecular complexity index is 905. The number of nitrogens with one attached hydrogen (secondary N) is 2. The molecule has 0 amide bonds. The number of anilines is 3. The first-order valence-electron chi connectivity index (χ1n) is 8.59. The lowest BCUT2D eigenvalue weighted by Gasteiger charge is -2.22. The maximum Gasteiger partial charge on any atom is 0.227 e. The molecule has 2 heterocycles. The highest BCUT2D eigenvalue weighted by Crippen LogP contribution is 2.23. The Kier molecular flexibility index (Phi) is 5.16. The Hall–Kier alpha value is -2.96. The molecule has 0 aliphatic carbocycles. The second-order valence-corrected chi connectivity index (χ2v) is 6.27. The van der Waals surface area contributed by atoms with Crippen molar-refractivity contribution in [2.24, 2.45) is 0 Å². The van der Waals surface area contributed by atoms with E-state index in [4.69, 9.17) is 0 Å². The van der Waals surface area contributed by atoms with Gasteiger partial charge in [0, 0.05) is 36.2 Å². The van der Waals surface area contributed by atoms with Crippen molar-refractivity contribution in [3.8, 4) is 0 Å². The summed E-state index contributed by atoms with van der Waals surface area (Å²) >= 11 is 0. The molecule has 1 aromatic carbocycles. The van der Waals surface area contributed by atoms with Crippen molar-refractivity contribution in [1.29, 1.82) is 0 Å². The Labute approximate surface area is 152 Å². The van der Waals surface area contributed by atoms with Crippen LogP contribution < -0.4 is 10.2 Å². The van der Waals surface area contributed by atoms with Gasteiger partial charge in [0.15, 0.2) is 0 Å². The minimum Gasteiger partial charge on any atom is -0.337 e. The molecule has 0 unspecified atom stereocenters. The van der Waals surface area contributed by atoms with Gasteiger partial charge in [-0.2, -0.15) is 4.98 Å². The van der Waals surface area contributed by atoms with Crippen LogP contribution in [-0.2, 0) is 6.54 Å². The molecule has 6 nitrogen and oxygen atoms in total. The molecule has 0 saturated heterocycles. The van der Waals surface area contributed by atoms with Gasteiger partial charge in [-0.3, -0.25) is 0 Å². The molecule has 0 aliphatic rings. The van der Waals surface area contributed by atoms with Crippen LogP contribution in [0.15, 0.2) is 30.5 Å². The SMILES string of the molecule is CCN(Cc1cccc(F)c1)c1nc(C)c(C)c(Nc2ncc(C)[nH]2)n1. The van der Waals surface area contributed by atoms with Crippen LogP contribution in [0.1, 0.15) is 29.4 Å². The molecule has 0 atom stereocenters. The number of aryl methyl sites for hydroxylation is 2. The average molecular weight is 354 g/mol. The van der Waals surface area contributed by atoms with Crippen LogP contribution in [-0.4, -0.2) is 26.5 Å². The predicted octanol–water partition coefficient (Wildman–Crippen LogP) is 4.03.